The Balaban J connectivity index is 3.61. The van der Waals surface area contributed by atoms with Gasteiger partial charge >= 0.3 is 18.0 Å². The molecule has 0 saturated carbocycles. The summed E-state index contributed by atoms with van der Waals surface area (Å²) in [6, 6.07) is 3.82. The largest absolute Gasteiger partial charge is 0.435 e. The van der Waals surface area contributed by atoms with E-state index in [4.69, 9.17) is 0 Å². The van der Waals surface area contributed by atoms with Crippen molar-refractivity contribution in [3.8, 4) is 0 Å². The van der Waals surface area contributed by atoms with Gasteiger partial charge < -0.3 is 0 Å². The lowest BCUT2D eigenvalue weighted by Gasteiger charge is -2.31. The minimum absolute atomic E-state index is 0.00822. The lowest BCUT2D eigenvalue weighted by Crippen LogP contribution is -2.50. The first-order valence-corrected chi connectivity index (χ1v) is 4.73. The highest BCUT2D eigenvalue weighted by Crippen LogP contribution is 2.53. The van der Waals surface area contributed by atoms with Gasteiger partial charge in [0, 0.05) is 5.56 Å². The van der Waals surface area contributed by atoms with Gasteiger partial charge in [-0.3, -0.25) is 0 Å². The SMILES string of the molecule is Cc1[c]cc(C)c(C(F)(C(F)(F)F)C(F)(F)F)c1. The van der Waals surface area contributed by atoms with Gasteiger partial charge in [0.1, 0.15) is 0 Å². The van der Waals surface area contributed by atoms with E-state index in [1.54, 1.807) is 0 Å². The molecule has 1 aromatic rings. The van der Waals surface area contributed by atoms with Gasteiger partial charge in [0.2, 0.25) is 0 Å². The molecule has 0 heterocycles. The number of rotatable bonds is 1. The molecule has 101 valence electrons. The molecule has 0 aliphatic carbocycles. The number of alkyl halides is 7. The standard InChI is InChI=1S/C11H8F7/c1-6-3-4-7(2)8(5-6)9(12,10(13,14)15)11(16,17)18/h4-5H,1-2H3. The average molecular weight is 273 g/mol. The summed E-state index contributed by atoms with van der Waals surface area (Å²) in [6.07, 6.45) is -12.2. The molecule has 0 fully saturated rings. The fraction of sp³-hybridized carbons (Fsp3) is 0.455. The van der Waals surface area contributed by atoms with Crippen molar-refractivity contribution < 1.29 is 30.7 Å². The quantitative estimate of drug-likeness (QED) is 0.665. The third-order valence-electron chi connectivity index (χ3n) is 2.45. The number of hydrogen-bond donors (Lipinski definition) is 0. The van der Waals surface area contributed by atoms with E-state index in [9.17, 15) is 30.7 Å². The minimum atomic E-state index is -6.08. The van der Waals surface area contributed by atoms with E-state index in [0.29, 0.717) is 6.07 Å². The lowest BCUT2D eigenvalue weighted by molar-refractivity contribution is -0.348. The maximum atomic E-state index is 13.7. The van der Waals surface area contributed by atoms with Crippen LogP contribution in [0.4, 0.5) is 30.7 Å². The minimum Gasteiger partial charge on any atom is -0.218 e. The van der Waals surface area contributed by atoms with Crippen LogP contribution in [0.5, 0.6) is 0 Å². The molecule has 0 bridgehead atoms. The van der Waals surface area contributed by atoms with Crippen molar-refractivity contribution in [2.75, 3.05) is 0 Å². The van der Waals surface area contributed by atoms with Crippen molar-refractivity contribution in [2.45, 2.75) is 31.9 Å². The molecule has 0 aromatic heterocycles. The summed E-state index contributed by atoms with van der Waals surface area (Å²) in [5.41, 5.74) is -7.29. The molecular weight excluding hydrogens is 265 g/mol. The molecule has 18 heavy (non-hydrogen) atoms. The second-order valence-electron chi connectivity index (χ2n) is 3.87. The van der Waals surface area contributed by atoms with Crippen LogP contribution in [0, 0.1) is 19.9 Å². The molecule has 1 rings (SSSR count). The van der Waals surface area contributed by atoms with Gasteiger partial charge in [0.25, 0.3) is 0 Å². The highest BCUT2D eigenvalue weighted by atomic mass is 19.4. The third-order valence-corrected chi connectivity index (χ3v) is 2.45. The molecule has 0 aliphatic heterocycles. The van der Waals surface area contributed by atoms with E-state index >= 15 is 0 Å². The Morgan fingerprint density at radius 1 is 0.889 bits per heavy atom. The van der Waals surface area contributed by atoms with Crippen LogP contribution in [-0.2, 0) is 5.67 Å². The van der Waals surface area contributed by atoms with Crippen molar-refractivity contribution in [2.24, 2.45) is 0 Å². The van der Waals surface area contributed by atoms with Gasteiger partial charge in [-0.15, -0.1) is 0 Å². The zero-order valence-electron chi connectivity index (χ0n) is 9.30. The Kier molecular flexibility index (Phi) is 3.40. The maximum absolute atomic E-state index is 13.7. The van der Waals surface area contributed by atoms with Crippen LogP contribution < -0.4 is 0 Å². The molecule has 0 atom stereocenters. The summed E-state index contributed by atoms with van der Waals surface area (Å²) in [5, 5.41) is 0. The van der Waals surface area contributed by atoms with Crippen LogP contribution in [0.2, 0.25) is 0 Å². The van der Waals surface area contributed by atoms with Gasteiger partial charge in [-0.25, -0.2) is 4.39 Å². The van der Waals surface area contributed by atoms with Crippen LogP contribution in [0.25, 0.3) is 0 Å². The summed E-state index contributed by atoms with van der Waals surface area (Å²) in [5.74, 6) is 0. The van der Waals surface area contributed by atoms with Crippen molar-refractivity contribution >= 4 is 0 Å². The smallest absolute Gasteiger partial charge is 0.218 e. The zero-order chi connectivity index (χ0) is 14.4. The predicted octanol–water partition coefficient (Wildman–Crippen LogP) is 4.39. The third kappa shape index (κ3) is 2.18. The molecule has 0 nitrogen and oxygen atoms in total. The molecule has 1 radical (unpaired) electrons. The summed E-state index contributed by atoms with van der Waals surface area (Å²) in [7, 11) is 0. The Labute approximate surface area is 98.4 Å². The summed E-state index contributed by atoms with van der Waals surface area (Å²) >= 11 is 0. The van der Waals surface area contributed by atoms with E-state index in [-0.39, 0.29) is 5.56 Å². The molecule has 0 unspecified atom stereocenters. The van der Waals surface area contributed by atoms with E-state index in [1.165, 1.54) is 6.92 Å². The van der Waals surface area contributed by atoms with E-state index < -0.39 is 29.1 Å². The van der Waals surface area contributed by atoms with E-state index in [0.717, 1.165) is 13.0 Å². The van der Waals surface area contributed by atoms with E-state index in [1.807, 2.05) is 0 Å². The van der Waals surface area contributed by atoms with Crippen molar-refractivity contribution in [3.05, 3.63) is 34.9 Å². The first-order valence-electron chi connectivity index (χ1n) is 4.73. The number of hydrogen-bond acceptors (Lipinski definition) is 0. The molecular formula is C11H8F7. The van der Waals surface area contributed by atoms with Crippen LogP contribution in [0.1, 0.15) is 16.7 Å². The van der Waals surface area contributed by atoms with Gasteiger partial charge in [-0.05, 0) is 31.0 Å². The number of aryl methyl sites for hydroxylation is 2. The molecule has 0 amide bonds. The zero-order valence-corrected chi connectivity index (χ0v) is 9.30. The lowest BCUT2D eigenvalue weighted by atomic mass is 9.89. The molecule has 0 N–H and O–H groups in total. The highest BCUT2D eigenvalue weighted by molar-refractivity contribution is 5.37. The first kappa shape index (κ1) is 14.8. The second kappa shape index (κ2) is 4.13. The monoisotopic (exact) mass is 273 g/mol. The van der Waals surface area contributed by atoms with Gasteiger partial charge in [-0.1, -0.05) is 12.1 Å². The van der Waals surface area contributed by atoms with Crippen LogP contribution in [0.3, 0.4) is 0 Å². The molecule has 7 heteroatoms. The van der Waals surface area contributed by atoms with Crippen LogP contribution in [0.15, 0.2) is 12.1 Å². The Morgan fingerprint density at radius 2 is 1.33 bits per heavy atom. The Morgan fingerprint density at radius 3 is 1.72 bits per heavy atom. The molecule has 0 aliphatic rings. The first-order chi connectivity index (χ1) is 7.91. The number of benzene rings is 1. The highest BCUT2D eigenvalue weighted by Gasteiger charge is 2.73. The van der Waals surface area contributed by atoms with Crippen LogP contribution in [-0.4, -0.2) is 12.4 Å². The Hall–Kier alpha value is -1.27. The Bertz CT molecular complexity index is 428. The number of halogens is 7. The topological polar surface area (TPSA) is 0 Å². The summed E-state index contributed by atoms with van der Waals surface area (Å²) in [4.78, 5) is 0. The van der Waals surface area contributed by atoms with Crippen molar-refractivity contribution in [3.63, 3.8) is 0 Å². The molecule has 1 aromatic carbocycles. The predicted molar refractivity (Wildman–Crippen MR) is 49.6 cm³/mol. The summed E-state index contributed by atoms with van der Waals surface area (Å²) in [6.45, 7) is 2.20. The maximum Gasteiger partial charge on any atom is 0.435 e. The molecule has 0 saturated heterocycles. The molecule has 0 spiro atoms. The van der Waals surface area contributed by atoms with Gasteiger partial charge in [0.05, 0.1) is 0 Å². The fourth-order valence-electron chi connectivity index (χ4n) is 1.51. The van der Waals surface area contributed by atoms with E-state index in [2.05, 4.69) is 6.07 Å². The second-order valence-corrected chi connectivity index (χ2v) is 3.87. The van der Waals surface area contributed by atoms with Crippen molar-refractivity contribution in [1.29, 1.82) is 0 Å². The normalized spacial score (nSPS) is 13.8. The van der Waals surface area contributed by atoms with Gasteiger partial charge in [0.15, 0.2) is 0 Å². The fourth-order valence-corrected chi connectivity index (χ4v) is 1.51. The summed E-state index contributed by atoms with van der Waals surface area (Å²) < 4.78 is 88.7. The van der Waals surface area contributed by atoms with Crippen LogP contribution >= 0.6 is 0 Å². The van der Waals surface area contributed by atoms with Gasteiger partial charge in [-0.2, -0.15) is 26.3 Å². The average Bonchev–Trinajstić information content (AvgIpc) is 2.17. The van der Waals surface area contributed by atoms with Crippen molar-refractivity contribution in [1.82, 2.24) is 0 Å².